The van der Waals surface area contributed by atoms with Crippen LogP contribution in [0.4, 0.5) is 0 Å². The molecule has 0 atom stereocenters. The Hall–Kier alpha value is 0.723. The van der Waals surface area contributed by atoms with Crippen LogP contribution < -0.4 is 0 Å². The van der Waals surface area contributed by atoms with Crippen LogP contribution in [0.3, 0.4) is 0 Å². The summed E-state index contributed by atoms with van der Waals surface area (Å²) in [5, 5.41) is 34.0. The SMILES string of the molecule is CCCCCCCCCCO.CCCCCCCCCCO.CCCCCCCCCCO.CCCCCCCCCCO.[Zr]. The summed E-state index contributed by atoms with van der Waals surface area (Å²) in [5.41, 5.74) is 0. The van der Waals surface area contributed by atoms with Crippen LogP contribution in [0.15, 0.2) is 0 Å². The zero-order valence-corrected chi connectivity index (χ0v) is 34.2. The molecule has 276 valence electrons. The summed E-state index contributed by atoms with van der Waals surface area (Å²) in [6.07, 6.45) is 41.5. The summed E-state index contributed by atoms with van der Waals surface area (Å²) in [4.78, 5) is 0. The van der Waals surface area contributed by atoms with Crippen molar-refractivity contribution in [3.8, 4) is 0 Å². The Morgan fingerprint density at radius 3 is 0.422 bits per heavy atom. The van der Waals surface area contributed by atoms with E-state index in [2.05, 4.69) is 27.7 Å². The topological polar surface area (TPSA) is 80.9 Å². The van der Waals surface area contributed by atoms with Gasteiger partial charge in [0.1, 0.15) is 0 Å². The standard InChI is InChI=1S/4C10H22O.Zr/c4*1-2-3-4-5-6-7-8-9-10-11;/h4*11H,2-10H2,1H3;. The number of aliphatic hydroxyl groups is 4. The fourth-order valence-corrected chi connectivity index (χ4v) is 4.98. The first-order valence-electron chi connectivity index (χ1n) is 20.1. The summed E-state index contributed by atoms with van der Waals surface area (Å²) in [6, 6.07) is 0. The molecule has 0 radical (unpaired) electrons. The predicted octanol–water partition coefficient (Wildman–Crippen LogP) is 12.5. The van der Waals surface area contributed by atoms with Gasteiger partial charge in [-0.05, 0) is 25.7 Å². The third-order valence-electron chi connectivity index (χ3n) is 8.05. The summed E-state index contributed by atoms with van der Waals surface area (Å²) in [6.45, 7) is 10.4. The fourth-order valence-electron chi connectivity index (χ4n) is 4.98. The van der Waals surface area contributed by atoms with Crippen LogP contribution in [0.2, 0.25) is 0 Å². The van der Waals surface area contributed by atoms with Crippen LogP contribution in [-0.4, -0.2) is 46.9 Å². The van der Waals surface area contributed by atoms with Crippen molar-refractivity contribution in [2.24, 2.45) is 0 Å². The average molecular weight is 724 g/mol. The fraction of sp³-hybridized carbons (Fsp3) is 1.00. The molecule has 0 unspecified atom stereocenters. The summed E-state index contributed by atoms with van der Waals surface area (Å²) in [5.74, 6) is 0. The van der Waals surface area contributed by atoms with E-state index in [-0.39, 0.29) is 26.2 Å². The number of hydrogen-bond donors (Lipinski definition) is 4. The van der Waals surface area contributed by atoms with E-state index >= 15 is 0 Å². The third-order valence-corrected chi connectivity index (χ3v) is 8.05. The molecule has 0 aliphatic carbocycles. The quantitative estimate of drug-likeness (QED) is 0.0521. The minimum atomic E-state index is 0. The maximum Gasteiger partial charge on any atom is 0.0431 e. The van der Waals surface area contributed by atoms with Gasteiger partial charge in [0.05, 0.1) is 0 Å². The van der Waals surface area contributed by atoms with Gasteiger partial charge in [0, 0.05) is 52.6 Å². The molecule has 0 spiro atoms. The van der Waals surface area contributed by atoms with Crippen molar-refractivity contribution < 1.29 is 46.6 Å². The molecule has 0 aromatic carbocycles. The Labute approximate surface area is 304 Å². The van der Waals surface area contributed by atoms with Gasteiger partial charge in [0.2, 0.25) is 0 Å². The van der Waals surface area contributed by atoms with E-state index in [4.69, 9.17) is 20.4 Å². The first-order chi connectivity index (χ1) is 21.7. The molecule has 0 aliphatic heterocycles. The van der Waals surface area contributed by atoms with Gasteiger partial charge in [-0.3, -0.25) is 0 Å². The molecule has 0 fully saturated rings. The second-order valence-corrected chi connectivity index (χ2v) is 12.8. The molecule has 0 aromatic rings. The maximum absolute atomic E-state index is 8.51. The Balaban J connectivity index is -0.000000157. The minimum Gasteiger partial charge on any atom is -0.396 e. The summed E-state index contributed by atoms with van der Waals surface area (Å²) >= 11 is 0. The summed E-state index contributed by atoms with van der Waals surface area (Å²) < 4.78 is 0. The van der Waals surface area contributed by atoms with Gasteiger partial charge in [-0.1, -0.05) is 207 Å². The van der Waals surface area contributed by atoms with Gasteiger partial charge < -0.3 is 20.4 Å². The van der Waals surface area contributed by atoms with Crippen LogP contribution in [0.25, 0.3) is 0 Å². The molecule has 0 saturated heterocycles. The van der Waals surface area contributed by atoms with Crippen molar-refractivity contribution in [3.05, 3.63) is 0 Å². The molecule has 0 saturated carbocycles. The van der Waals surface area contributed by atoms with Gasteiger partial charge in [-0.2, -0.15) is 0 Å². The number of unbranched alkanes of at least 4 members (excludes halogenated alkanes) is 28. The van der Waals surface area contributed by atoms with E-state index in [1.807, 2.05) is 0 Å². The average Bonchev–Trinajstić information content (AvgIpc) is 3.04. The van der Waals surface area contributed by atoms with Crippen molar-refractivity contribution in [2.45, 2.75) is 233 Å². The maximum atomic E-state index is 8.51. The zero-order valence-electron chi connectivity index (χ0n) is 31.7. The van der Waals surface area contributed by atoms with Gasteiger partial charge in [-0.15, -0.1) is 0 Å². The van der Waals surface area contributed by atoms with E-state index in [1.165, 1.54) is 180 Å². The van der Waals surface area contributed by atoms with Gasteiger partial charge in [-0.25, -0.2) is 0 Å². The molecule has 0 rings (SSSR count). The Bertz CT molecular complexity index is 294. The Kier molecular flexibility index (Phi) is 77.7. The predicted molar refractivity (Wildman–Crippen MR) is 199 cm³/mol. The largest absolute Gasteiger partial charge is 0.396 e. The molecule has 0 bridgehead atoms. The Morgan fingerprint density at radius 1 is 0.200 bits per heavy atom. The number of aliphatic hydroxyl groups excluding tert-OH is 4. The van der Waals surface area contributed by atoms with Gasteiger partial charge in [0.25, 0.3) is 0 Å². The van der Waals surface area contributed by atoms with E-state index in [9.17, 15) is 0 Å². The van der Waals surface area contributed by atoms with Crippen LogP contribution in [0.5, 0.6) is 0 Å². The first-order valence-corrected chi connectivity index (χ1v) is 20.1. The van der Waals surface area contributed by atoms with Crippen molar-refractivity contribution in [2.75, 3.05) is 26.4 Å². The Morgan fingerprint density at radius 2 is 0.311 bits per heavy atom. The molecule has 0 heterocycles. The van der Waals surface area contributed by atoms with Crippen LogP contribution in [-0.2, 0) is 26.2 Å². The van der Waals surface area contributed by atoms with Gasteiger partial charge >= 0.3 is 0 Å². The van der Waals surface area contributed by atoms with Crippen molar-refractivity contribution in [3.63, 3.8) is 0 Å². The molecule has 5 heteroatoms. The molecule has 4 nitrogen and oxygen atoms in total. The van der Waals surface area contributed by atoms with E-state index in [1.54, 1.807) is 0 Å². The zero-order chi connectivity index (χ0) is 33.5. The van der Waals surface area contributed by atoms with Crippen LogP contribution in [0.1, 0.15) is 233 Å². The smallest absolute Gasteiger partial charge is 0.0431 e. The van der Waals surface area contributed by atoms with Crippen LogP contribution in [0, 0.1) is 0 Å². The molecular weight excluding hydrogens is 636 g/mol. The van der Waals surface area contributed by atoms with Crippen LogP contribution >= 0.6 is 0 Å². The van der Waals surface area contributed by atoms with E-state index < -0.39 is 0 Å². The molecule has 45 heavy (non-hydrogen) atoms. The summed E-state index contributed by atoms with van der Waals surface area (Å²) in [7, 11) is 0. The van der Waals surface area contributed by atoms with E-state index in [0.29, 0.717) is 26.4 Å². The third kappa shape index (κ3) is 76.2. The number of hydrogen-bond acceptors (Lipinski definition) is 4. The normalized spacial score (nSPS) is 10.1. The second-order valence-electron chi connectivity index (χ2n) is 12.8. The number of rotatable bonds is 32. The molecule has 4 N–H and O–H groups in total. The monoisotopic (exact) mass is 723 g/mol. The molecular formula is C40H88O4Zr. The first kappa shape index (κ1) is 55.1. The molecule has 0 aliphatic rings. The molecule has 0 aromatic heterocycles. The van der Waals surface area contributed by atoms with Crippen molar-refractivity contribution in [1.82, 2.24) is 0 Å². The van der Waals surface area contributed by atoms with E-state index in [0.717, 1.165) is 25.7 Å². The van der Waals surface area contributed by atoms with Crippen molar-refractivity contribution in [1.29, 1.82) is 0 Å². The van der Waals surface area contributed by atoms with Crippen molar-refractivity contribution >= 4 is 0 Å². The minimum absolute atomic E-state index is 0. The second kappa shape index (κ2) is 63.4. The van der Waals surface area contributed by atoms with Gasteiger partial charge in [0.15, 0.2) is 0 Å². The molecule has 0 amide bonds.